The number of benzene rings is 4. The Balaban J connectivity index is 1.46. The molecule has 4 rings (SSSR count). The van der Waals surface area contributed by atoms with Crippen molar-refractivity contribution in [2.24, 2.45) is 0 Å². The lowest BCUT2D eigenvalue weighted by Gasteiger charge is -2.25. The summed E-state index contributed by atoms with van der Waals surface area (Å²) in [6.07, 6.45) is 0. The van der Waals surface area contributed by atoms with E-state index >= 15 is 0 Å². The second kappa shape index (κ2) is 12.7. The quantitative estimate of drug-likeness (QED) is 0.240. The van der Waals surface area contributed by atoms with Crippen LogP contribution in [0.1, 0.15) is 18.1 Å². The first-order valence-corrected chi connectivity index (χ1v) is 14.2. The molecule has 40 heavy (non-hydrogen) atoms. The van der Waals surface area contributed by atoms with Gasteiger partial charge in [0.2, 0.25) is 5.91 Å². The molecule has 0 aliphatic heterocycles. The number of aryl methyl sites for hydroxylation is 1. The molecule has 0 atom stereocenters. The molecular formula is C30H28ClN3O5S. The lowest BCUT2D eigenvalue weighted by Crippen LogP contribution is -2.30. The van der Waals surface area contributed by atoms with Crippen molar-refractivity contribution in [3.8, 4) is 5.75 Å². The number of hydrogen-bond acceptors (Lipinski definition) is 5. The summed E-state index contributed by atoms with van der Waals surface area (Å²) in [6, 6.07) is 26.9. The number of carbonyl (C=O) groups is 2. The van der Waals surface area contributed by atoms with Gasteiger partial charge in [-0.25, -0.2) is 8.42 Å². The second-order valence-corrected chi connectivity index (χ2v) is 11.3. The van der Waals surface area contributed by atoms with Gasteiger partial charge in [0.1, 0.15) is 5.75 Å². The summed E-state index contributed by atoms with van der Waals surface area (Å²) in [4.78, 5) is 23.7. The second-order valence-electron chi connectivity index (χ2n) is 9.04. The minimum Gasteiger partial charge on any atom is -0.484 e. The fourth-order valence-corrected chi connectivity index (χ4v) is 5.38. The van der Waals surface area contributed by atoms with E-state index in [4.69, 9.17) is 16.3 Å². The van der Waals surface area contributed by atoms with E-state index in [2.05, 4.69) is 10.6 Å². The Labute approximate surface area is 238 Å². The standard InChI is InChI=1S/C30H28ClN3O5S/c1-21-3-17-29(18-4-21)40(37,38)34(19-23-5-7-24(31)8-6-23)27-13-15-28(16-14-27)39-20-30(36)33-26-11-9-25(10-12-26)32-22(2)35/h3-18H,19-20H2,1-2H3,(H,32,35)(H,33,36). The number of hydrogen-bond donors (Lipinski definition) is 2. The van der Waals surface area contributed by atoms with Crippen molar-refractivity contribution in [2.45, 2.75) is 25.3 Å². The van der Waals surface area contributed by atoms with Crippen molar-refractivity contribution in [2.75, 3.05) is 21.5 Å². The minimum absolute atomic E-state index is 0.0940. The van der Waals surface area contributed by atoms with Gasteiger partial charge in [-0.3, -0.25) is 13.9 Å². The van der Waals surface area contributed by atoms with Crippen molar-refractivity contribution < 1.29 is 22.7 Å². The number of anilines is 3. The van der Waals surface area contributed by atoms with E-state index in [0.717, 1.165) is 11.1 Å². The van der Waals surface area contributed by atoms with Gasteiger partial charge in [0.15, 0.2) is 6.61 Å². The summed E-state index contributed by atoms with van der Waals surface area (Å²) < 4.78 is 34.3. The van der Waals surface area contributed by atoms with Gasteiger partial charge in [0.05, 0.1) is 17.1 Å². The SMILES string of the molecule is CC(=O)Nc1ccc(NC(=O)COc2ccc(N(Cc3ccc(Cl)cc3)S(=O)(=O)c3ccc(C)cc3)cc2)cc1. The van der Waals surface area contributed by atoms with Crippen molar-refractivity contribution in [1.82, 2.24) is 0 Å². The number of carbonyl (C=O) groups excluding carboxylic acids is 2. The third-order valence-electron chi connectivity index (χ3n) is 5.83. The Morgan fingerprint density at radius 3 is 1.95 bits per heavy atom. The first-order valence-electron chi connectivity index (χ1n) is 12.3. The molecule has 0 unspecified atom stereocenters. The Kier molecular flexibility index (Phi) is 9.08. The molecule has 0 aromatic heterocycles. The van der Waals surface area contributed by atoms with Crippen LogP contribution < -0.4 is 19.7 Å². The molecule has 2 N–H and O–H groups in total. The Morgan fingerprint density at radius 2 is 1.38 bits per heavy atom. The Hall–Kier alpha value is -4.34. The molecule has 0 bridgehead atoms. The summed E-state index contributed by atoms with van der Waals surface area (Å²) in [5.74, 6) is -0.154. The molecule has 0 fully saturated rings. The van der Waals surface area contributed by atoms with E-state index in [0.29, 0.717) is 27.8 Å². The topological polar surface area (TPSA) is 105 Å². The summed E-state index contributed by atoms with van der Waals surface area (Å²) in [6.45, 7) is 3.16. The van der Waals surface area contributed by atoms with Crippen molar-refractivity contribution in [3.05, 3.63) is 113 Å². The molecule has 0 spiro atoms. The summed E-state index contributed by atoms with van der Waals surface area (Å²) in [7, 11) is -3.89. The maximum atomic E-state index is 13.7. The number of halogens is 1. The van der Waals surface area contributed by atoms with Crippen LogP contribution in [0.3, 0.4) is 0 Å². The maximum Gasteiger partial charge on any atom is 0.264 e. The van der Waals surface area contributed by atoms with Crippen LogP contribution in [-0.4, -0.2) is 26.8 Å². The number of nitrogens with one attached hydrogen (secondary N) is 2. The summed E-state index contributed by atoms with van der Waals surface area (Å²) >= 11 is 6.02. The van der Waals surface area contributed by atoms with Crippen LogP contribution in [-0.2, 0) is 26.2 Å². The van der Waals surface area contributed by atoms with Gasteiger partial charge in [-0.05, 0) is 85.3 Å². The fourth-order valence-electron chi connectivity index (χ4n) is 3.80. The lowest BCUT2D eigenvalue weighted by atomic mass is 10.2. The molecule has 0 heterocycles. The van der Waals surface area contributed by atoms with E-state index in [1.807, 2.05) is 6.92 Å². The minimum atomic E-state index is -3.89. The van der Waals surface area contributed by atoms with Gasteiger partial charge in [-0.1, -0.05) is 41.4 Å². The van der Waals surface area contributed by atoms with Crippen LogP contribution in [0.5, 0.6) is 5.75 Å². The Bertz CT molecular complexity index is 1570. The lowest BCUT2D eigenvalue weighted by molar-refractivity contribution is -0.118. The van der Waals surface area contributed by atoms with Gasteiger partial charge in [0, 0.05) is 23.3 Å². The molecule has 8 nitrogen and oxygen atoms in total. The van der Waals surface area contributed by atoms with Gasteiger partial charge >= 0.3 is 0 Å². The zero-order valence-electron chi connectivity index (χ0n) is 21.9. The zero-order valence-corrected chi connectivity index (χ0v) is 23.5. The highest BCUT2D eigenvalue weighted by Gasteiger charge is 2.25. The largest absolute Gasteiger partial charge is 0.484 e. The first kappa shape index (κ1) is 28.7. The molecule has 0 saturated carbocycles. The highest BCUT2D eigenvalue weighted by atomic mass is 35.5. The van der Waals surface area contributed by atoms with Crippen LogP contribution >= 0.6 is 11.6 Å². The molecule has 0 aliphatic carbocycles. The molecule has 4 aromatic rings. The zero-order chi connectivity index (χ0) is 28.7. The van der Waals surface area contributed by atoms with Gasteiger partial charge in [0.25, 0.3) is 15.9 Å². The van der Waals surface area contributed by atoms with Crippen LogP contribution in [0.4, 0.5) is 17.1 Å². The van der Waals surface area contributed by atoms with Gasteiger partial charge < -0.3 is 15.4 Å². The fraction of sp³-hybridized carbons (Fsp3) is 0.133. The van der Waals surface area contributed by atoms with Crippen molar-refractivity contribution in [1.29, 1.82) is 0 Å². The smallest absolute Gasteiger partial charge is 0.264 e. The summed E-state index contributed by atoms with van der Waals surface area (Å²) in [5.41, 5.74) is 3.33. The molecule has 0 radical (unpaired) electrons. The predicted octanol–water partition coefficient (Wildman–Crippen LogP) is 6.02. The highest BCUT2D eigenvalue weighted by Crippen LogP contribution is 2.28. The van der Waals surface area contributed by atoms with E-state index < -0.39 is 10.0 Å². The molecule has 0 saturated heterocycles. The average Bonchev–Trinajstić information content (AvgIpc) is 2.93. The highest BCUT2D eigenvalue weighted by molar-refractivity contribution is 7.92. The third kappa shape index (κ3) is 7.62. The van der Waals surface area contributed by atoms with Gasteiger partial charge in [-0.2, -0.15) is 0 Å². The van der Waals surface area contributed by atoms with Crippen LogP contribution in [0.2, 0.25) is 5.02 Å². The number of amides is 2. The van der Waals surface area contributed by atoms with Gasteiger partial charge in [-0.15, -0.1) is 0 Å². The van der Waals surface area contributed by atoms with E-state index in [9.17, 15) is 18.0 Å². The summed E-state index contributed by atoms with van der Waals surface area (Å²) in [5, 5.41) is 5.94. The van der Waals surface area contributed by atoms with Crippen molar-refractivity contribution in [3.63, 3.8) is 0 Å². The maximum absolute atomic E-state index is 13.7. The number of sulfonamides is 1. The van der Waals surface area contributed by atoms with E-state index in [1.54, 1.807) is 97.1 Å². The normalized spacial score (nSPS) is 11.0. The number of nitrogens with zero attached hydrogens (tertiary/aromatic N) is 1. The van der Waals surface area contributed by atoms with E-state index in [-0.39, 0.29) is 29.9 Å². The first-order chi connectivity index (χ1) is 19.1. The molecule has 4 aromatic carbocycles. The number of ether oxygens (including phenoxy) is 1. The number of rotatable bonds is 10. The molecular weight excluding hydrogens is 550 g/mol. The van der Waals surface area contributed by atoms with E-state index in [1.165, 1.54) is 11.2 Å². The van der Waals surface area contributed by atoms with Crippen LogP contribution in [0.25, 0.3) is 0 Å². The average molecular weight is 578 g/mol. The predicted molar refractivity (Wildman–Crippen MR) is 157 cm³/mol. The van der Waals surface area contributed by atoms with Crippen LogP contribution in [0, 0.1) is 6.92 Å². The molecule has 10 heteroatoms. The van der Waals surface area contributed by atoms with Crippen molar-refractivity contribution >= 4 is 50.5 Å². The molecule has 2 amide bonds. The molecule has 0 aliphatic rings. The monoisotopic (exact) mass is 577 g/mol. The third-order valence-corrected chi connectivity index (χ3v) is 7.87. The Morgan fingerprint density at radius 1 is 0.800 bits per heavy atom. The van der Waals surface area contributed by atoms with Crippen LogP contribution in [0.15, 0.2) is 102 Å². The molecule has 206 valence electrons.